The summed E-state index contributed by atoms with van der Waals surface area (Å²) >= 11 is 0. The first-order valence-corrected chi connectivity index (χ1v) is 7.63. The topological polar surface area (TPSA) is 74.6 Å². The van der Waals surface area contributed by atoms with Crippen LogP contribution >= 0.6 is 0 Å². The summed E-state index contributed by atoms with van der Waals surface area (Å²) in [6.45, 7) is 8.54. The number of carbonyl (C=O) groups is 2. The second-order valence-electron chi connectivity index (χ2n) is 4.66. The van der Waals surface area contributed by atoms with E-state index in [-0.39, 0.29) is 18.9 Å². The maximum Gasteiger partial charge on any atom is 1.00 e. The van der Waals surface area contributed by atoms with Gasteiger partial charge in [0.15, 0.2) is 0 Å². The summed E-state index contributed by atoms with van der Waals surface area (Å²) in [5.41, 5.74) is 0. The van der Waals surface area contributed by atoms with Crippen molar-refractivity contribution < 1.29 is 38.7 Å². The molecule has 0 aliphatic heterocycles. The van der Waals surface area contributed by atoms with E-state index in [1.165, 1.54) is 51.4 Å². The Labute approximate surface area is 142 Å². The summed E-state index contributed by atoms with van der Waals surface area (Å²) in [4.78, 5) is 18.9. The van der Waals surface area contributed by atoms with Crippen LogP contribution in [0.1, 0.15) is 85.5 Å². The van der Waals surface area contributed by atoms with Crippen molar-refractivity contribution in [1.82, 2.24) is 0 Å². The summed E-state index contributed by atoms with van der Waals surface area (Å²) in [5, 5.41) is 15.4. The molecule has 0 bridgehead atoms. The van der Waals surface area contributed by atoms with Crippen LogP contribution in [0.3, 0.4) is 0 Å². The van der Waals surface area contributed by atoms with Gasteiger partial charge in [0, 0.05) is 0 Å². The van der Waals surface area contributed by atoms with Crippen LogP contribution in [0.4, 0.5) is 0 Å². The Balaban J connectivity index is -0.000000115. The van der Waals surface area contributed by atoms with Crippen LogP contribution in [-0.4, -0.2) is 22.2 Å². The van der Waals surface area contributed by atoms with E-state index in [0.29, 0.717) is 0 Å². The third-order valence-electron chi connectivity index (χ3n) is 2.26. The van der Waals surface area contributed by atoms with E-state index in [4.69, 9.17) is 10.2 Å². The van der Waals surface area contributed by atoms with Gasteiger partial charge in [-0.05, 0) is 0 Å². The molecule has 0 radical (unpaired) electrons. The molecule has 0 aromatic carbocycles. The third kappa shape index (κ3) is 54.1. The summed E-state index contributed by atoms with van der Waals surface area (Å²) < 4.78 is 0. The smallest absolute Gasteiger partial charge is 0.481 e. The molecular formula is C16H33LiO4. The minimum absolute atomic E-state index is 0. The number of aliphatic carboxylic acids is 2. The van der Waals surface area contributed by atoms with Crippen LogP contribution in [0.15, 0.2) is 0 Å². The SMILES string of the molecule is CCCCCCCCCC.C[CH-]C.O=C(O)CC(=O)O.[Li+]. The first-order valence-electron chi connectivity index (χ1n) is 7.63. The second-order valence-corrected chi connectivity index (χ2v) is 4.66. The molecular weight excluding hydrogens is 263 g/mol. The largest absolute Gasteiger partial charge is 1.00 e. The molecule has 0 atom stereocenters. The standard InChI is InChI=1S/C10H22.C3H4O4.C3H7.Li/c1-3-5-7-9-10-8-6-4-2;4-2(5)1-3(6)7;1-3-2;/h3-10H2,1-2H3;1H2,(H,4,5)(H,6,7);3H,1-2H3;/q;;-1;+1. The van der Waals surface area contributed by atoms with Gasteiger partial charge in [-0.15, -0.1) is 0 Å². The van der Waals surface area contributed by atoms with Gasteiger partial charge in [-0.2, -0.15) is 13.8 Å². The number of unbranched alkanes of at least 4 members (excludes halogenated alkanes) is 7. The molecule has 0 aliphatic carbocycles. The molecule has 4 nitrogen and oxygen atoms in total. The van der Waals surface area contributed by atoms with E-state index in [9.17, 15) is 9.59 Å². The molecule has 122 valence electrons. The zero-order chi connectivity index (χ0) is 16.2. The van der Waals surface area contributed by atoms with E-state index in [1.54, 1.807) is 0 Å². The van der Waals surface area contributed by atoms with Gasteiger partial charge in [0.25, 0.3) is 0 Å². The van der Waals surface area contributed by atoms with Gasteiger partial charge in [0.2, 0.25) is 0 Å². The Morgan fingerprint density at radius 3 is 1.14 bits per heavy atom. The summed E-state index contributed by atoms with van der Waals surface area (Å²) in [5.74, 6) is -2.62. The molecule has 0 unspecified atom stereocenters. The minimum atomic E-state index is -1.31. The van der Waals surface area contributed by atoms with Crippen LogP contribution in [0.5, 0.6) is 0 Å². The molecule has 0 saturated heterocycles. The Hall–Kier alpha value is -0.463. The molecule has 0 rings (SSSR count). The van der Waals surface area contributed by atoms with E-state index < -0.39 is 18.4 Å². The number of carboxylic acids is 2. The Morgan fingerprint density at radius 2 is 1.00 bits per heavy atom. The molecule has 0 heterocycles. The molecule has 0 saturated carbocycles. The summed E-state index contributed by atoms with van der Waals surface area (Å²) in [6.07, 6.45) is 12.7. The predicted octanol–water partition coefficient (Wildman–Crippen LogP) is 1.93. The molecule has 0 fully saturated rings. The summed E-state index contributed by atoms with van der Waals surface area (Å²) in [7, 11) is 0. The van der Waals surface area contributed by atoms with E-state index in [2.05, 4.69) is 13.8 Å². The molecule has 0 spiro atoms. The van der Waals surface area contributed by atoms with Gasteiger partial charge < -0.3 is 16.6 Å². The van der Waals surface area contributed by atoms with Gasteiger partial charge in [0.05, 0.1) is 0 Å². The fourth-order valence-electron chi connectivity index (χ4n) is 1.34. The molecule has 2 N–H and O–H groups in total. The van der Waals surface area contributed by atoms with Crippen molar-refractivity contribution in [3.05, 3.63) is 6.42 Å². The maximum atomic E-state index is 9.43. The summed E-state index contributed by atoms with van der Waals surface area (Å²) in [6, 6.07) is 0. The second kappa shape index (κ2) is 27.8. The van der Waals surface area contributed by atoms with Crippen LogP contribution in [-0.2, 0) is 9.59 Å². The fourth-order valence-corrected chi connectivity index (χ4v) is 1.34. The zero-order valence-corrected chi connectivity index (χ0v) is 14.7. The maximum absolute atomic E-state index is 9.43. The molecule has 5 heteroatoms. The monoisotopic (exact) mass is 296 g/mol. The number of hydrogen-bond donors (Lipinski definition) is 2. The van der Waals surface area contributed by atoms with Crippen molar-refractivity contribution in [1.29, 1.82) is 0 Å². The van der Waals surface area contributed by atoms with Crippen LogP contribution in [0.2, 0.25) is 0 Å². The molecule has 0 aromatic rings. The minimum Gasteiger partial charge on any atom is -0.481 e. The quantitative estimate of drug-likeness (QED) is 0.295. The Bertz CT molecular complexity index is 188. The van der Waals surface area contributed by atoms with E-state index in [0.717, 1.165) is 0 Å². The Kier molecular flexibility index (Phi) is 38.0. The number of carboxylic acid groups (broad SMARTS) is 2. The van der Waals surface area contributed by atoms with Gasteiger partial charge in [-0.1, -0.05) is 65.2 Å². The molecule has 0 amide bonds. The van der Waals surface area contributed by atoms with Gasteiger partial charge in [-0.3, -0.25) is 9.59 Å². The zero-order valence-electron chi connectivity index (χ0n) is 14.7. The van der Waals surface area contributed by atoms with Crippen LogP contribution in [0, 0.1) is 6.42 Å². The van der Waals surface area contributed by atoms with Crippen molar-refractivity contribution in [2.45, 2.75) is 85.5 Å². The molecule has 0 aromatic heterocycles. The van der Waals surface area contributed by atoms with E-state index >= 15 is 0 Å². The average molecular weight is 296 g/mol. The first-order chi connectivity index (χ1) is 9.45. The molecule has 21 heavy (non-hydrogen) atoms. The van der Waals surface area contributed by atoms with Gasteiger partial charge >= 0.3 is 30.8 Å². The number of hydrogen-bond acceptors (Lipinski definition) is 2. The third-order valence-corrected chi connectivity index (χ3v) is 2.26. The predicted molar refractivity (Wildman–Crippen MR) is 83.8 cm³/mol. The van der Waals surface area contributed by atoms with Crippen molar-refractivity contribution in [2.24, 2.45) is 0 Å². The van der Waals surface area contributed by atoms with Crippen LogP contribution in [0.25, 0.3) is 0 Å². The number of rotatable bonds is 9. The van der Waals surface area contributed by atoms with Crippen molar-refractivity contribution in [2.75, 3.05) is 0 Å². The van der Waals surface area contributed by atoms with Crippen molar-refractivity contribution >= 4 is 11.9 Å². The Morgan fingerprint density at radius 1 is 0.762 bits per heavy atom. The van der Waals surface area contributed by atoms with Gasteiger partial charge in [0.1, 0.15) is 6.42 Å². The molecule has 0 aliphatic rings. The normalized spacial score (nSPS) is 8.38. The van der Waals surface area contributed by atoms with Crippen molar-refractivity contribution in [3.63, 3.8) is 0 Å². The average Bonchev–Trinajstić information content (AvgIpc) is 2.34. The first kappa shape index (κ1) is 28.7. The van der Waals surface area contributed by atoms with Crippen molar-refractivity contribution in [3.8, 4) is 0 Å². The fraction of sp³-hybridized carbons (Fsp3) is 0.812. The van der Waals surface area contributed by atoms with E-state index in [1.807, 2.05) is 20.3 Å². The van der Waals surface area contributed by atoms with Crippen LogP contribution < -0.4 is 18.9 Å². The van der Waals surface area contributed by atoms with Gasteiger partial charge in [-0.25, -0.2) is 0 Å².